The zero-order chi connectivity index (χ0) is 11.3. The van der Waals surface area contributed by atoms with Gasteiger partial charge in [-0.25, -0.2) is 0 Å². The van der Waals surface area contributed by atoms with Crippen molar-refractivity contribution in [2.45, 2.75) is 13.2 Å². The SMILES string of the molecule is COCc1ccc(COC)c([N+](=O)[O-])c1. The highest BCUT2D eigenvalue weighted by atomic mass is 16.6. The Bertz CT molecular complexity index is 351. The zero-order valence-corrected chi connectivity index (χ0v) is 8.73. The smallest absolute Gasteiger partial charge is 0.275 e. The van der Waals surface area contributed by atoms with Crippen LogP contribution in [0.1, 0.15) is 11.1 Å². The molecule has 5 nitrogen and oxygen atoms in total. The van der Waals surface area contributed by atoms with Crippen LogP contribution in [0.3, 0.4) is 0 Å². The van der Waals surface area contributed by atoms with Crippen molar-refractivity contribution in [2.24, 2.45) is 0 Å². The minimum atomic E-state index is -0.409. The number of nitro groups is 1. The lowest BCUT2D eigenvalue weighted by atomic mass is 10.1. The first-order chi connectivity index (χ1) is 7.19. The Labute approximate surface area is 87.8 Å². The van der Waals surface area contributed by atoms with Gasteiger partial charge in [-0.05, 0) is 11.6 Å². The largest absolute Gasteiger partial charge is 0.380 e. The molecule has 0 spiro atoms. The predicted octanol–water partition coefficient (Wildman–Crippen LogP) is 1.89. The molecular weight excluding hydrogens is 198 g/mol. The van der Waals surface area contributed by atoms with Crippen molar-refractivity contribution in [3.8, 4) is 0 Å². The van der Waals surface area contributed by atoms with Crippen LogP contribution >= 0.6 is 0 Å². The summed E-state index contributed by atoms with van der Waals surface area (Å²) in [6.07, 6.45) is 0. The Morgan fingerprint density at radius 3 is 2.47 bits per heavy atom. The van der Waals surface area contributed by atoms with E-state index in [0.717, 1.165) is 5.56 Å². The Morgan fingerprint density at radius 2 is 1.93 bits per heavy atom. The van der Waals surface area contributed by atoms with Gasteiger partial charge in [-0.1, -0.05) is 6.07 Å². The molecule has 1 aromatic rings. The van der Waals surface area contributed by atoms with Crippen molar-refractivity contribution in [2.75, 3.05) is 14.2 Å². The number of nitrogens with zero attached hydrogens (tertiary/aromatic N) is 1. The summed E-state index contributed by atoms with van der Waals surface area (Å²) in [5.41, 5.74) is 1.43. The quantitative estimate of drug-likeness (QED) is 0.551. The molecule has 0 aliphatic rings. The number of benzene rings is 1. The van der Waals surface area contributed by atoms with Crippen LogP contribution in [-0.4, -0.2) is 19.1 Å². The van der Waals surface area contributed by atoms with Gasteiger partial charge in [0.25, 0.3) is 5.69 Å². The molecule has 0 aliphatic carbocycles. The van der Waals surface area contributed by atoms with Gasteiger partial charge in [0.1, 0.15) is 0 Å². The highest BCUT2D eigenvalue weighted by Crippen LogP contribution is 2.21. The van der Waals surface area contributed by atoms with Crippen LogP contribution < -0.4 is 0 Å². The number of nitro benzene ring substituents is 1. The normalized spacial score (nSPS) is 10.3. The van der Waals surface area contributed by atoms with Crippen LogP contribution in [0.2, 0.25) is 0 Å². The van der Waals surface area contributed by atoms with E-state index in [9.17, 15) is 10.1 Å². The van der Waals surface area contributed by atoms with Crippen LogP contribution in [-0.2, 0) is 22.7 Å². The molecule has 0 atom stereocenters. The Kier molecular flexibility index (Phi) is 4.20. The molecule has 0 bridgehead atoms. The minimum Gasteiger partial charge on any atom is -0.380 e. The van der Waals surface area contributed by atoms with Crippen LogP contribution in [0.15, 0.2) is 18.2 Å². The number of hydrogen-bond acceptors (Lipinski definition) is 4. The summed E-state index contributed by atoms with van der Waals surface area (Å²) in [4.78, 5) is 10.4. The summed E-state index contributed by atoms with van der Waals surface area (Å²) < 4.78 is 9.79. The van der Waals surface area contributed by atoms with Crippen molar-refractivity contribution in [3.63, 3.8) is 0 Å². The predicted molar refractivity (Wildman–Crippen MR) is 54.5 cm³/mol. The third-order valence-electron chi connectivity index (χ3n) is 1.96. The average Bonchev–Trinajstić information content (AvgIpc) is 2.21. The van der Waals surface area contributed by atoms with Crippen molar-refractivity contribution in [3.05, 3.63) is 39.4 Å². The van der Waals surface area contributed by atoms with Gasteiger partial charge in [-0.3, -0.25) is 10.1 Å². The van der Waals surface area contributed by atoms with Crippen molar-refractivity contribution < 1.29 is 14.4 Å². The Morgan fingerprint density at radius 1 is 1.27 bits per heavy atom. The first-order valence-electron chi connectivity index (χ1n) is 4.43. The molecule has 15 heavy (non-hydrogen) atoms. The Hall–Kier alpha value is -1.46. The third-order valence-corrected chi connectivity index (χ3v) is 1.96. The van der Waals surface area contributed by atoms with E-state index in [1.54, 1.807) is 19.2 Å². The van der Waals surface area contributed by atoms with E-state index in [4.69, 9.17) is 9.47 Å². The van der Waals surface area contributed by atoms with Gasteiger partial charge in [-0.15, -0.1) is 0 Å². The summed E-state index contributed by atoms with van der Waals surface area (Å²) >= 11 is 0. The maximum atomic E-state index is 10.8. The number of methoxy groups -OCH3 is 2. The van der Waals surface area contributed by atoms with E-state index < -0.39 is 4.92 Å². The molecule has 0 N–H and O–H groups in total. The number of ether oxygens (including phenoxy) is 2. The molecule has 0 heterocycles. The van der Waals surface area contributed by atoms with Crippen LogP contribution in [0.25, 0.3) is 0 Å². The molecule has 1 rings (SSSR count). The van der Waals surface area contributed by atoms with Gasteiger partial charge in [0.2, 0.25) is 0 Å². The zero-order valence-electron chi connectivity index (χ0n) is 8.73. The second kappa shape index (κ2) is 5.43. The third kappa shape index (κ3) is 3.00. The van der Waals surface area contributed by atoms with Gasteiger partial charge >= 0.3 is 0 Å². The van der Waals surface area contributed by atoms with E-state index >= 15 is 0 Å². The molecule has 0 saturated heterocycles. The van der Waals surface area contributed by atoms with Crippen LogP contribution in [0.4, 0.5) is 5.69 Å². The highest BCUT2D eigenvalue weighted by Gasteiger charge is 2.13. The maximum Gasteiger partial charge on any atom is 0.275 e. The number of rotatable bonds is 5. The molecule has 0 aromatic heterocycles. The molecular formula is C10H13NO4. The number of hydrogen-bond donors (Lipinski definition) is 0. The minimum absolute atomic E-state index is 0.0754. The lowest BCUT2D eigenvalue weighted by Gasteiger charge is -2.04. The first-order valence-corrected chi connectivity index (χ1v) is 4.43. The van der Waals surface area contributed by atoms with Crippen molar-refractivity contribution >= 4 is 5.69 Å². The van der Waals surface area contributed by atoms with Crippen molar-refractivity contribution in [1.82, 2.24) is 0 Å². The topological polar surface area (TPSA) is 61.6 Å². The lowest BCUT2D eigenvalue weighted by Crippen LogP contribution is -1.99. The fraction of sp³-hybridized carbons (Fsp3) is 0.400. The fourth-order valence-corrected chi connectivity index (χ4v) is 1.31. The summed E-state index contributed by atoms with van der Waals surface area (Å²) in [6.45, 7) is 0.609. The molecule has 1 aromatic carbocycles. The van der Waals surface area contributed by atoms with Gasteiger partial charge in [0, 0.05) is 20.3 Å². The van der Waals surface area contributed by atoms with Gasteiger partial charge < -0.3 is 9.47 Å². The first kappa shape index (κ1) is 11.6. The molecule has 0 fully saturated rings. The van der Waals surface area contributed by atoms with E-state index in [0.29, 0.717) is 12.2 Å². The molecule has 5 heteroatoms. The van der Waals surface area contributed by atoms with Gasteiger partial charge in [-0.2, -0.15) is 0 Å². The van der Waals surface area contributed by atoms with Gasteiger partial charge in [0.05, 0.1) is 23.7 Å². The molecule has 82 valence electrons. The average molecular weight is 211 g/mol. The maximum absolute atomic E-state index is 10.8. The molecule has 0 saturated carbocycles. The standard InChI is InChI=1S/C10H13NO4/c1-14-6-8-3-4-9(7-15-2)10(5-8)11(12)13/h3-5H,6-7H2,1-2H3. The summed E-state index contributed by atoms with van der Waals surface area (Å²) in [5, 5.41) is 10.8. The van der Waals surface area contributed by atoms with Crippen molar-refractivity contribution in [1.29, 1.82) is 0 Å². The second-order valence-electron chi connectivity index (χ2n) is 3.09. The van der Waals surface area contributed by atoms with E-state index in [-0.39, 0.29) is 12.3 Å². The highest BCUT2D eigenvalue weighted by molar-refractivity contribution is 5.42. The fourth-order valence-electron chi connectivity index (χ4n) is 1.31. The monoisotopic (exact) mass is 211 g/mol. The van der Waals surface area contributed by atoms with Crippen LogP contribution in [0, 0.1) is 10.1 Å². The summed E-state index contributed by atoms with van der Waals surface area (Å²) in [5.74, 6) is 0. The van der Waals surface area contributed by atoms with E-state index in [1.807, 2.05) is 0 Å². The lowest BCUT2D eigenvalue weighted by molar-refractivity contribution is -0.386. The van der Waals surface area contributed by atoms with E-state index in [1.165, 1.54) is 13.2 Å². The molecule has 0 unspecified atom stereocenters. The van der Waals surface area contributed by atoms with E-state index in [2.05, 4.69) is 0 Å². The summed E-state index contributed by atoms with van der Waals surface area (Å²) in [7, 11) is 3.06. The molecule has 0 aliphatic heterocycles. The molecule has 0 radical (unpaired) electrons. The second-order valence-corrected chi connectivity index (χ2v) is 3.09. The van der Waals surface area contributed by atoms with Crippen LogP contribution in [0.5, 0.6) is 0 Å². The Balaban J connectivity index is 3.03. The molecule has 0 amide bonds. The summed E-state index contributed by atoms with van der Waals surface area (Å²) in [6, 6.07) is 5.00. The van der Waals surface area contributed by atoms with Gasteiger partial charge in [0.15, 0.2) is 0 Å².